The number of fused-ring (bicyclic) bond motifs is 1. The van der Waals surface area contributed by atoms with Crippen LogP contribution in [0.25, 0.3) is 22.2 Å². The molecule has 0 aliphatic carbocycles. The summed E-state index contributed by atoms with van der Waals surface area (Å²) >= 11 is 0. The van der Waals surface area contributed by atoms with E-state index in [1.165, 1.54) is 6.07 Å². The molecule has 0 N–H and O–H groups in total. The molecule has 3 aromatic rings. The quantitative estimate of drug-likeness (QED) is 0.623. The molecule has 0 bridgehead atoms. The van der Waals surface area contributed by atoms with E-state index in [0.29, 0.717) is 22.2 Å². The second kappa shape index (κ2) is 3.41. The molecule has 0 saturated heterocycles. The lowest BCUT2D eigenvalue weighted by molar-refractivity contribution is 0.424. The molecule has 0 atom stereocenters. The summed E-state index contributed by atoms with van der Waals surface area (Å²) in [6, 6.07) is 12.7. The maximum atomic E-state index is 13.5. The number of rotatable bonds is 1. The molecule has 0 amide bonds. The van der Waals surface area contributed by atoms with E-state index in [4.69, 9.17) is 4.52 Å². The Morgan fingerprint density at radius 1 is 1.25 bits per heavy atom. The van der Waals surface area contributed by atoms with E-state index >= 15 is 0 Å². The van der Waals surface area contributed by atoms with Gasteiger partial charge in [0.15, 0.2) is 5.58 Å². The fourth-order valence-electron chi connectivity index (χ4n) is 1.57. The minimum atomic E-state index is -0.311. The molecule has 0 fully saturated rings. The van der Waals surface area contributed by atoms with Gasteiger partial charge in [-0.3, -0.25) is 0 Å². The Kier molecular flexibility index (Phi) is 1.93. The molecule has 2 aromatic carbocycles. The Labute approximate surface area is 90.5 Å². The van der Waals surface area contributed by atoms with Gasteiger partial charge < -0.3 is 4.52 Å². The molecule has 0 aliphatic heterocycles. The summed E-state index contributed by atoms with van der Waals surface area (Å²) in [6.07, 6.45) is 0. The molecule has 1 aromatic heterocycles. The molecular weight excluding hydrogens is 207 g/mol. The van der Waals surface area contributed by atoms with E-state index < -0.39 is 0 Å². The molecule has 77 valence electrons. The smallest absolute Gasteiger partial charge is 0.188 e. The Balaban J connectivity index is 2.22. The third kappa shape index (κ3) is 1.35. The van der Waals surface area contributed by atoms with Crippen molar-refractivity contribution in [3.63, 3.8) is 0 Å². The van der Waals surface area contributed by atoms with Gasteiger partial charge >= 0.3 is 0 Å². The van der Waals surface area contributed by atoms with Gasteiger partial charge in [-0.25, -0.2) is 4.39 Å². The Bertz CT molecular complexity index is 648. The van der Waals surface area contributed by atoms with Crippen LogP contribution in [-0.2, 0) is 0 Å². The van der Waals surface area contributed by atoms with Crippen LogP contribution in [0.5, 0.6) is 0 Å². The normalized spacial score (nSPS) is 10.8. The summed E-state index contributed by atoms with van der Waals surface area (Å²) in [4.78, 5) is 0. The zero-order valence-electron chi connectivity index (χ0n) is 8.14. The number of halogens is 1. The molecular formula is C12H6FN2O. The van der Waals surface area contributed by atoms with Crippen molar-refractivity contribution < 1.29 is 8.91 Å². The van der Waals surface area contributed by atoms with Gasteiger partial charge in [-0.05, 0) is 29.8 Å². The number of nitrogens with zero attached hydrogens (tertiary/aromatic N) is 2. The number of aromatic nitrogens is 2. The molecule has 1 heterocycles. The van der Waals surface area contributed by atoms with E-state index in [1.807, 2.05) is 0 Å². The first kappa shape index (κ1) is 9.03. The highest BCUT2D eigenvalue weighted by atomic mass is 19.1. The van der Waals surface area contributed by atoms with E-state index in [0.717, 1.165) is 0 Å². The Hall–Kier alpha value is -2.23. The summed E-state index contributed by atoms with van der Waals surface area (Å²) < 4.78 is 18.4. The lowest BCUT2D eigenvalue weighted by Crippen LogP contribution is -1.83. The first-order valence-corrected chi connectivity index (χ1v) is 4.73. The van der Waals surface area contributed by atoms with Crippen molar-refractivity contribution in [1.82, 2.24) is 10.4 Å². The third-order valence-electron chi connectivity index (χ3n) is 2.34. The minimum Gasteiger partial charge on any atom is -0.337 e. The standard InChI is InChI=1S/C12H6FN2O/c13-10-4-2-1-3-9(10)8-5-6-11-12(7-8)16-15-14-11/h1-2,4-7H. The fourth-order valence-corrected chi connectivity index (χ4v) is 1.57. The van der Waals surface area contributed by atoms with Crippen LogP contribution in [0.4, 0.5) is 4.39 Å². The van der Waals surface area contributed by atoms with Gasteiger partial charge in [-0.15, -0.1) is 5.10 Å². The van der Waals surface area contributed by atoms with Gasteiger partial charge in [-0.2, -0.15) is 0 Å². The van der Waals surface area contributed by atoms with Crippen LogP contribution in [0.3, 0.4) is 0 Å². The topological polar surface area (TPSA) is 38.9 Å². The highest BCUT2D eigenvalue weighted by Gasteiger charge is 2.07. The summed E-state index contributed by atoms with van der Waals surface area (Å²) in [5.41, 5.74) is 2.30. The van der Waals surface area contributed by atoms with Gasteiger partial charge in [0, 0.05) is 10.8 Å². The Morgan fingerprint density at radius 3 is 3.06 bits per heavy atom. The zero-order valence-corrected chi connectivity index (χ0v) is 8.14. The largest absolute Gasteiger partial charge is 0.337 e. The lowest BCUT2D eigenvalue weighted by atomic mass is 10.1. The highest BCUT2D eigenvalue weighted by molar-refractivity contribution is 5.79. The monoisotopic (exact) mass is 213 g/mol. The van der Waals surface area contributed by atoms with E-state index in [2.05, 4.69) is 16.4 Å². The van der Waals surface area contributed by atoms with Crippen molar-refractivity contribution in [1.29, 1.82) is 0 Å². The third-order valence-corrected chi connectivity index (χ3v) is 2.34. The van der Waals surface area contributed by atoms with Crippen molar-refractivity contribution in [2.24, 2.45) is 0 Å². The first-order valence-electron chi connectivity index (χ1n) is 4.73. The number of benzene rings is 2. The molecule has 0 saturated carbocycles. The van der Waals surface area contributed by atoms with Crippen LogP contribution in [0.2, 0.25) is 0 Å². The maximum Gasteiger partial charge on any atom is 0.188 e. The molecule has 1 radical (unpaired) electrons. The molecule has 16 heavy (non-hydrogen) atoms. The molecule has 0 unspecified atom stereocenters. The summed E-state index contributed by atoms with van der Waals surface area (Å²) in [6.45, 7) is 0. The van der Waals surface area contributed by atoms with Gasteiger partial charge in [0.1, 0.15) is 11.3 Å². The fraction of sp³-hybridized carbons (Fsp3) is 0. The van der Waals surface area contributed by atoms with Gasteiger partial charge in [-0.1, -0.05) is 18.2 Å². The Morgan fingerprint density at radius 2 is 2.19 bits per heavy atom. The highest BCUT2D eigenvalue weighted by Crippen LogP contribution is 2.24. The average Bonchev–Trinajstić information content (AvgIpc) is 2.76. The van der Waals surface area contributed by atoms with Gasteiger partial charge in [0.25, 0.3) is 0 Å². The van der Waals surface area contributed by atoms with Crippen molar-refractivity contribution in [3.8, 4) is 11.1 Å². The predicted molar refractivity (Wildman–Crippen MR) is 56.0 cm³/mol. The predicted octanol–water partition coefficient (Wildman–Crippen LogP) is 2.83. The lowest BCUT2D eigenvalue weighted by Gasteiger charge is -2.01. The van der Waals surface area contributed by atoms with Gasteiger partial charge in [0.05, 0.1) is 0 Å². The second-order valence-electron chi connectivity index (χ2n) is 3.35. The van der Waals surface area contributed by atoms with Crippen LogP contribution in [-0.4, -0.2) is 10.4 Å². The van der Waals surface area contributed by atoms with Crippen LogP contribution in [0, 0.1) is 11.9 Å². The van der Waals surface area contributed by atoms with Crippen LogP contribution in [0.15, 0.2) is 40.9 Å². The van der Waals surface area contributed by atoms with Gasteiger partial charge in [0.2, 0.25) is 0 Å². The van der Waals surface area contributed by atoms with Crippen molar-refractivity contribution in [2.45, 2.75) is 0 Å². The second-order valence-corrected chi connectivity index (χ2v) is 3.35. The summed E-state index contributed by atoms with van der Waals surface area (Å²) in [7, 11) is 0. The van der Waals surface area contributed by atoms with Crippen LogP contribution in [0.1, 0.15) is 0 Å². The maximum absolute atomic E-state index is 13.5. The zero-order chi connectivity index (χ0) is 11.0. The van der Waals surface area contributed by atoms with Crippen LogP contribution >= 0.6 is 0 Å². The van der Waals surface area contributed by atoms with Crippen LogP contribution < -0.4 is 0 Å². The van der Waals surface area contributed by atoms with Crippen molar-refractivity contribution in [3.05, 3.63) is 48.3 Å². The first-order chi connectivity index (χ1) is 7.84. The van der Waals surface area contributed by atoms with E-state index in [-0.39, 0.29) is 5.82 Å². The van der Waals surface area contributed by atoms with Crippen molar-refractivity contribution in [2.75, 3.05) is 0 Å². The molecule has 4 heteroatoms. The number of hydrogen-bond donors (Lipinski definition) is 0. The average molecular weight is 213 g/mol. The SMILES string of the molecule is Fc1ccc[c]c1-c1ccc2nnoc2c1. The summed E-state index contributed by atoms with van der Waals surface area (Å²) in [5.74, 6) is -0.311. The number of hydrogen-bond acceptors (Lipinski definition) is 3. The summed E-state index contributed by atoms with van der Waals surface area (Å²) in [5, 5.41) is 7.18. The molecule has 3 rings (SSSR count). The molecule has 0 aliphatic rings. The molecule has 3 nitrogen and oxygen atoms in total. The molecule has 0 spiro atoms. The van der Waals surface area contributed by atoms with Crippen molar-refractivity contribution >= 4 is 11.1 Å². The minimum absolute atomic E-state index is 0.311. The van der Waals surface area contributed by atoms with E-state index in [1.54, 1.807) is 30.3 Å². The van der Waals surface area contributed by atoms with E-state index in [9.17, 15) is 4.39 Å².